The van der Waals surface area contributed by atoms with Crippen molar-refractivity contribution in [3.8, 4) is 17.0 Å². The van der Waals surface area contributed by atoms with Crippen molar-refractivity contribution < 1.29 is 17.9 Å². The van der Waals surface area contributed by atoms with Gasteiger partial charge in [-0.05, 0) is 69.0 Å². The van der Waals surface area contributed by atoms with Crippen LogP contribution in [-0.2, 0) is 10.0 Å². The smallest absolute Gasteiger partial charge is 0.281 e. The van der Waals surface area contributed by atoms with E-state index in [0.717, 1.165) is 17.5 Å². The number of hydrogen-bond donors (Lipinski definition) is 2. The molecule has 0 bridgehead atoms. The number of aromatic nitrogens is 2. The number of hydrogen-bond acceptors (Lipinski definition) is 8. The number of rotatable bonds is 6. The maximum Gasteiger partial charge on any atom is 0.281 e. The topological polar surface area (TPSA) is 128 Å². The average molecular weight is 510 g/mol. The lowest BCUT2D eigenvalue weighted by Crippen LogP contribution is -2.44. The molecule has 1 unspecified atom stereocenters. The summed E-state index contributed by atoms with van der Waals surface area (Å²) in [7, 11) is -2.65. The van der Waals surface area contributed by atoms with Crippen LogP contribution < -0.4 is 20.1 Å². The summed E-state index contributed by atoms with van der Waals surface area (Å²) in [5.41, 5.74) is 7.78. The molecule has 1 saturated heterocycles. The van der Waals surface area contributed by atoms with Gasteiger partial charge in [0.2, 0.25) is 0 Å². The number of sulfonamides is 1. The summed E-state index contributed by atoms with van der Waals surface area (Å²) in [6, 6.07) is 13.4. The van der Waals surface area contributed by atoms with Crippen LogP contribution in [0.2, 0.25) is 0 Å². The predicted octanol–water partition coefficient (Wildman–Crippen LogP) is 3.79. The summed E-state index contributed by atoms with van der Waals surface area (Å²) >= 11 is 0. The van der Waals surface area contributed by atoms with Crippen LogP contribution in [0.5, 0.6) is 5.75 Å². The minimum Gasteiger partial charge on any atom is -0.497 e. The standard InChI is InChI=1S/C26H31N5O4S/c1-16-14-20(25(32)30-36(33,34)22-11-7-10-21(27)28-22)24(31-13-12-17(2)26(31,3)4)29-23(16)18-8-6-9-19(15-18)35-5/h6-11,14-15,17H,12-13H2,1-5H3,(H2,27,28)(H,30,32). The van der Waals surface area contributed by atoms with Gasteiger partial charge in [-0.2, -0.15) is 8.42 Å². The molecule has 10 heteroatoms. The number of benzene rings is 1. The van der Waals surface area contributed by atoms with E-state index in [1.807, 2.05) is 31.2 Å². The lowest BCUT2D eigenvalue weighted by molar-refractivity contribution is 0.0981. The Morgan fingerprint density at radius 3 is 2.53 bits per heavy atom. The van der Waals surface area contributed by atoms with Crippen LogP contribution in [0.25, 0.3) is 11.3 Å². The number of methoxy groups -OCH3 is 1. The number of pyridine rings is 2. The first kappa shape index (κ1) is 25.4. The normalized spacial score (nSPS) is 17.1. The van der Waals surface area contributed by atoms with E-state index in [0.29, 0.717) is 29.7 Å². The lowest BCUT2D eigenvalue weighted by atomic mass is 9.90. The van der Waals surface area contributed by atoms with E-state index >= 15 is 0 Å². The number of nitrogens with two attached hydrogens (primary N) is 1. The zero-order valence-corrected chi connectivity index (χ0v) is 21.9. The van der Waals surface area contributed by atoms with Crippen molar-refractivity contribution in [2.45, 2.75) is 44.7 Å². The van der Waals surface area contributed by atoms with Gasteiger partial charge in [0.1, 0.15) is 17.4 Å². The van der Waals surface area contributed by atoms with Crippen LogP contribution in [0.4, 0.5) is 11.6 Å². The Kier molecular flexibility index (Phi) is 6.66. The Morgan fingerprint density at radius 2 is 1.89 bits per heavy atom. The molecule has 0 radical (unpaired) electrons. The van der Waals surface area contributed by atoms with Crippen LogP contribution in [0.1, 0.15) is 43.1 Å². The quantitative estimate of drug-likeness (QED) is 0.514. The van der Waals surface area contributed by atoms with Gasteiger partial charge in [0.25, 0.3) is 15.9 Å². The van der Waals surface area contributed by atoms with Gasteiger partial charge in [0.15, 0.2) is 5.03 Å². The SMILES string of the molecule is COc1cccc(-c2nc(N3CCC(C)C3(C)C)c(C(=O)NS(=O)(=O)c3cccc(N)n3)cc2C)c1. The third kappa shape index (κ3) is 4.73. The number of carbonyl (C=O) groups excluding carboxylic acids is 1. The van der Waals surface area contributed by atoms with Crippen molar-refractivity contribution in [2.75, 3.05) is 24.3 Å². The summed E-state index contributed by atoms with van der Waals surface area (Å²) in [4.78, 5) is 24.3. The summed E-state index contributed by atoms with van der Waals surface area (Å²) in [5, 5.41) is -0.329. The van der Waals surface area contributed by atoms with Crippen LogP contribution >= 0.6 is 0 Å². The molecule has 0 spiro atoms. The van der Waals surface area contributed by atoms with Gasteiger partial charge < -0.3 is 15.4 Å². The molecule has 3 N–H and O–H groups in total. The van der Waals surface area contributed by atoms with Gasteiger partial charge >= 0.3 is 0 Å². The van der Waals surface area contributed by atoms with E-state index < -0.39 is 15.9 Å². The summed E-state index contributed by atoms with van der Waals surface area (Å²) in [5.74, 6) is 0.724. The minimum atomic E-state index is -4.25. The molecule has 1 fully saturated rings. The number of amides is 1. The van der Waals surface area contributed by atoms with Crippen LogP contribution in [0, 0.1) is 12.8 Å². The van der Waals surface area contributed by atoms with Crippen molar-refractivity contribution in [3.05, 3.63) is 59.7 Å². The maximum absolute atomic E-state index is 13.5. The summed E-state index contributed by atoms with van der Waals surface area (Å²) < 4.78 is 33.4. The predicted molar refractivity (Wildman–Crippen MR) is 139 cm³/mol. The molecule has 3 heterocycles. The maximum atomic E-state index is 13.5. The first-order valence-electron chi connectivity index (χ1n) is 11.7. The molecule has 0 aliphatic carbocycles. The van der Waals surface area contributed by atoms with Crippen molar-refractivity contribution in [3.63, 3.8) is 0 Å². The van der Waals surface area contributed by atoms with E-state index in [-0.39, 0.29) is 21.9 Å². The van der Waals surface area contributed by atoms with Gasteiger partial charge in [-0.3, -0.25) is 4.79 Å². The van der Waals surface area contributed by atoms with Crippen molar-refractivity contribution in [2.24, 2.45) is 5.92 Å². The first-order chi connectivity index (χ1) is 16.9. The minimum absolute atomic E-state index is 0.0407. The van der Waals surface area contributed by atoms with Gasteiger partial charge in [-0.15, -0.1) is 0 Å². The number of nitrogen functional groups attached to an aromatic ring is 1. The average Bonchev–Trinajstić information content (AvgIpc) is 3.10. The number of anilines is 2. The zero-order valence-electron chi connectivity index (χ0n) is 21.1. The second-order valence-electron chi connectivity index (χ2n) is 9.59. The summed E-state index contributed by atoms with van der Waals surface area (Å²) in [6.45, 7) is 8.89. The molecule has 1 atom stereocenters. The van der Waals surface area contributed by atoms with E-state index in [1.165, 1.54) is 18.2 Å². The Morgan fingerprint density at radius 1 is 1.17 bits per heavy atom. The molecular weight excluding hydrogens is 478 g/mol. The molecule has 190 valence electrons. The molecule has 36 heavy (non-hydrogen) atoms. The molecular formula is C26H31N5O4S. The van der Waals surface area contributed by atoms with Gasteiger partial charge in [0, 0.05) is 17.6 Å². The Balaban J connectivity index is 1.83. The Labute approximate surface area is 211 Å². The number of carbonyl (C=O) groups is 1. The molecule has 1 aliphatic heterocycles. The van der Waals surface area contributed by atoms with Crippen LogP contribution in [0.3, 0.4) is 0 Å². The summed E-state index contributed by atoms with van der Waals surface area (Å²) in [6.07, 6.45) is 0.920. The van der Waals surface area contributed by atoms with Gasteiger partial charge in [-0.25, -0.2) is 14.7 Å². The molecule has 3 aromatic rings. The second kappa shape index (κ2) is 9.42. The molecule has 9 nitrogen and oxygen atoms in total. The highest BCUT2D eigenvalue weighted by Crippen LogP contribution is 2.40. The van der Waals surface area contributed by atoms with E-state index in [1.54, 1.807) is 13.2 Å². The highest BCUT2D eigenvalue weighted by molar-refractivity contribution is 7.90. The van der Waals surface area contributed by atoms with E-state index in [9.17, 15) is 13.2 Å². The molecule has 1 aromatic carbocycles. The van der Waals surface area contributed by atoms with Crippen molar-refractivity contribution in [1.82, 2.24) is 14.7 Å². The Hall–Kier alpha value is -3.66. The molecule has 0 saturated carbocycles. The fourth-order valence-electron chi connectivity index (χ4n) is 4.46. The third-order valence-electron chi connectivity index (χ3n) is 6.97. The third-order valence-corrected chi connectivity index (χ3v) is 8.20. The molecule has 1 amide bonds. The van der Waals surface area contributed by atoms with E-state index in [4.69, 9.17) is 15.5 Å². The molecule has 2 aromatic heterocycles. The van der Waals surface area contributed by atoms with Gasteiger partial charge in [0.05, 0.1) is 18.4 Å². The lowest BCUT2D eigenvalue weighted by Gasteiger charge is -2.37. The first-order valence-corrected chi connectivity index (χ1v) is 13.2. The monoisotopic (exact) mass is 509 g/mol. The highest BCUT2D eigenvalue weighted by atomic mass is 32.2. The highest BCUT2D eigenvalue weighted by Gasteiger charge is 2.41. The number of nitrogens with zero attached hydrogens (tertiary/aromatic N) is 3. The second-order valence-corrected chi connectivity index (χ2v) is 11.2. The van der Waals surface area contributed by atoms with E-state index in [2.05, 4.69) is 35.4 Å². The number of ether oxygens (including phenoxy) is 1. The number of nitrogens with one attached hydrogen (secondary N) is 1. The van der Waals surface area contributed by atoms with Crippen molar-refractivity contribution >= 4 is 27.6 Å². The zero-order chi connectivity index (χ0) is 26.3. The molecule has 4 rings (SSSR count). The largest absolute Gasteiger partial charge is 0.497 e. The Bertz CT molecular complexity index is 1420. The molecule has 1 aliphatic rings. The fourth-order valence-corrected chi connectivity index (χ4v) is 5.40. The number of aryl methyl sites for hydroxylation is 1. The van der Waals surface area contributed by atoms with Crippen molar-refractivity contribution in [1.29, 1.82) is 0 Å². The van der Waals surface area contributed by atoms with Crippen LogP contribution in [0.15, 0.2) is 53.6 Å². The van der Waals surface area contributed by atoms with Gasteiger partial charge in [-0.1, -0.05) is 25.1 Å². The fraction of sp³-hybridized carbons (Fsp3) is 0.346. The van der Waals surface area contributed by atoms with Crippen LogP contribution in [-0.4, -0.2) is 43.5 Å².